The van der Waals surface area contributed by atoms with Crippen molar-refractivity contribution >= 4 is 33.8 Å². The predicted octanol–water partition coefficient (Wildman–Crippen LogP) is 4.65. The fraction of sp³-hybridized carbons (Fsp3) is 0.438. The number of rotatable bonds is 11. The van der Waals surface area contributed by atoms with E-state index in [-0.39, 0.29) is 28.5 Å². The molecule has 2 aliphatic rings. The Bertz CT molecular complexity index is 1600. The molecule has 4 aromatic rings. The van der Waals surface area contributed by atoms with Gasteiger partial charge in [-0.05, 0) is 75.8 Å². The molecular formula is C32H37FN6O3. The number of carbonyl (C=O) groups excluding carboxylic acids is 1. The van der Waals surface area contributed by atoms with Crippen molar-refractivity contribution in [2.45, 2.75) is 37.6 Å². The molecule has 4 heterocycles. The van der Waals surface area contributed by atoms with Crippen LogP contribution in [0.25, 0.3) is 32.9 Å². The third kappa shape index (κ3) is 5.36. The number of halogens is 1. The number of pyridine rings is 1. The first-order valence-corrected chi connectivity index (χ1v) is 14.7. The zero-order valence-corrected chi connectivity index (χ0v) is 24.2. The number of aromatic hydroxyl groups is 1. The predicted molar refractivity (Wildman–Crippen MR) is 162 cm³/mol. The van der Waals surface area contributed by atoms with Crippen molar-refractivity contribution in [2.24, 2.45) is 0 Å². The number of fused-ring (bicyclic) bond motifs is 3. The molecule has 2 aromatic carbocycles. The summed E-state index contributed by atoms with van der Waals surface area (Å²) in [5.74, 6) is -0.0936. The van der Waals surface area contributed by atoms with Crippen molar-refractivity contribution < 1.29 is 19.0 Å². The van der Waals surface area contributed by atoms with Gasteiger partial charge in [0.2, 0.25) is 0 Å². The smallest absolute Gasteiger partial charge is 0.319 e. The molecule has 1 N–H and O–H groups in total. The van der Waals surface area contributed by atoms with Gasteiger partial charge >= 0.3 is 6.01 Å². The molecule has 2 saturated heterocycles. The number of likely N-dealkylation sites (N-methyl/N-ethyl adjacent to an activating group) is 1. The summed E-state index contributed by atoms with van der Waals surface area (Å²) in [5.41, 5.74) is 0.641. The standard InChI is InChI=1S/C32H37FN6O3/c1-37(2)15-16-38(12-7-17-40)30-26-20-34-28(25-19-23(41)18-22-8-3-4-9-24(22)25)27(33)29(26)35-31(36-30)42-21-32-10-5-13-39(32)14-6-11-32/h3-4,8-9,17-20,41H,5-7,10-16,21H2,1-2H3. The van der Waals surface area contributed by atoms with Gasteiger partial charge in [0.1, 0.15) is 35.7 Å². The van der Waals surface area contributed by atoms with Crippen LogP contribution in [-0.2, 0) is 4.79 Å². The molecular weight excluding hydrogens is 535 g/mol. The zero-order chi connectivity index (χ0) is 29.3. The summed E-state index contributed by atoms with van der Waals surface area (Å²) in [7, 11) is 3.96. The normalized spacial score (nSPS) is 16.4. The van der Waals surface area contributed by atoms with Crippen LogP contribution in [0.4, 0.5) is 10.2 Å². The molecule has 0 unspecified atom stereocenters. The lowest BCUT2D eigenvalue weighted by Crippen LogP contribution is -2.43. The number of ether oxygens (including phenoxy) is 1. The number of anilines is 1. The number of hydrogen-bond donors (Lipinski definition) is 1. The minimum atomic E-state index is -0.610. The molecule has 9 nitrogen and oxygen atoms in total. The summed E-state index contributed by atoms with van der Waals surface area (Å²) in [4.78, 5) is 31.9. The zero-order valence-electron chi connectivity index (χ0n) is 24.2. The maximum Gasteiger partial charge on any atom is 0.319 e. The molecule has 0 bridgehead atoms. The fourth-order valence-electron chi connectivity index (χ4n) is 6.52. The van der Waals surface area contributed by atoms with E-state index in [2.05, 4.69) is 14.9 Å². The highest BCUT2D eigenvalue weighted by atomic mass is 19.1. The van der Waals surface area contributed by atoms with Crippen molar-refractivity contribution in [1.29, 1.82) is 0 Å². The Hall–Kier alpha value is -3.89. The van der Waals surface area contributed by atoms with Crippen LogP contribution < -0.4 is 9.64 Å². The number of benzene rings is 2. The largest absolute Gasteiger partial charge is 0.508 e. The fourth-order valence-corrected chi connectivity index (χ4v) is 6.52. The Morgan fingerprint density at radius 2 is 1.86 bits per heavy atom. The van der Waals surface area contributed by atoms with Gasteiger partial charge in [-0.2, -0.15) is 9.97 Å². The van der Waals surface area contributed by atoms with Gasteiger partial charge in [-0.25, -0.2) is 4.39 Å². The van der Waals surface area contributed by atoms with Crippen molar-refractivity contribution in [2.75, 3.05) is 58.3 Å². The van der Waals surface area contributed by atoms with Gasteiger partial charge in [0.05, 0.1) is 10.9 Å². The molecule has 0 radical (unpaired) electrons. The van der Waals surface area contributed by atoms with Crippen LogP contribution in [0.5, 0.6) is 11.8 Å². The number of aldehydes is 1. The van der Waals surface area contributed by atoms with Crippen LogP contribution in [0.1, 0.15) is 32.1 Å². The van der Waals surface area contributed by atoms with E-state index in [4.69, 9.17) is 9.72 Å². The molecule has 0 atom stereocenters. The number of carbonyl (C=O) groups is 1. The van der Waals surface area contributed by atoms with Crippen LogP contribution in [0.3, 0.4) is 0 Å². The van der Waals surface area contributed by atoms with Gasteiger partial charge in [0.15, 0.2) is 5.82 Å². The van der Waals surface area contributed by atoms with Crippen molar-refractivity contribution in [3.05, 3.63) is 48.4 Å². The molecule has 2 aromatic heterocycles. The Morgan fingerprint density at radius 3 is 2.62 bits per heavy atom. The average molecular weight is 573 g/mol. The third-order valence-corrected chi connectivity index (χ3v) is 8.66. The van der Waals surface area contributed by atoms with Crippen molar-refractivity contribution in [1.82, 2.24) is 24.8 Å². The van der Waals surface area contributed by atoms with Gasteiger partial charge in [0, 0.05) is 37.8 Å². The van der Waals surface area contributed by atoms with E-state index >= 15 is 4.39 Å². The SMILES string of the molecule is CN(C)CCN(CCC=O)c1nc(OCC23CCCN2CCC3)nc2c(F)c(-c3cc(O)cc4ccccc34)ncc12. The lowest BCUT2D eigenvalue weighted by Gasteiger charge is -2.31. The number of phenolic OH excluding ortho intramolecular Hbond substituents is 1. The van der Waals surface area contributed by atoms with Crippen LogP contribution in [0.15, 0.2) is 42.6 Å². The van der Waals surface area contributed by atoms with Gasteiger partial charge in [0.25, 0.3) is 0 Å². The minimum Gasteiger partial charge on any atom is -0.508 e. The topological polar surface area (TPSA) is 94.9 Å². The highest BCUT2D eigenvalue weighted by molar-refractivity contribution is 5.99. The highest BCUT2D eigenvalue weighted by Gasteiger charge is 2.45. The molecule has 220 valence electrons. The number of nitrogens with zero attached hydrogens (tertiary/aromatic N) is 6. The second kappa shape index (κ2) is 11.8. The first kappa shape index (κ1) is 28.2. The molecule has 10 heteroatoms. The molecule has 0 amide bonds. The molecule has 2 fully saturated rings. The second-order valence-electron chi connectivity index (χ2n) is 11.7. The molecule has 0 saturated carbocycles. The summed E-state index contributed by atoms with van der Waals surface area (Å²) in [5, 5.41) is 12.4. The summed E-state index contributed by atoms with van der Waals surface area (Å²) in [6.45, 7) is 4.28. The van der Waals surface area contributed by atoms with E-state index in [1.54, 1.807) is 12.3 Å². The summed E-state index contributed by atoms with van der Waals surface area (Å²) < 4.78 is 22.9. The van der Waals surface area contributed by atoms with Crippen LogP contribution in [0, 0.1) is 5.82 Å². The van der Waals surface area contributed by atoms with Gasteiger partial charge in [-0.3, -0.25) is 9.88 Å². The molecule has 0 aliphatic carbocycles. The monoisotopic (exact) mass is 572 g/mol. The van der Waals surface area contributed by atoms with E-state index in [0.717, 1.165) is 55.8 Å². The molecule has 6 rings (SSSR count). The van der Waals surface area contributed by atoms with E-state index in [1.165, 1.54) is 6.07 Å². The minimum absolute atomic E-state index is 0.0248. The highest BCUT2D eigenvalue weighted by Crippen LogP contribution is 2.40. The Balaban J connectivity index is 1.48. The first-order valence-electron chi connectivity index (χ1n) is 14.7. The van der Waals surface area contributed by atoms with Gasteiger partial charge in [-0.15, -0.1) is 0 Å². The van der Waals surface area contributed by atoms with E-state index in [0.29, 0.717) is 49.4 Å². The summed E-state index contributed by atoms with van der Waals surface area (Å²) >= 11 is 0. The maximum atomic E-state index is 16.6. The van der Waals surface area contributed by atoms with Crippen molar-refractivity contribution in [3.8, 4) is 23.0 Å². The quantitative estimate of drug-likeness (QED) is 0.258. The van der Waals surface area contributed by atoms with Crippen molar-refractivity contribution in [3.63, 3.8) is 0 Å². The number of aromatic nitrogens is 3. The summed E-state index contributed by atoms with van der Waals surface area (Å²) in [6.07, 6.45) is 7.17. The van der Waals surface area contributed by atoms with Crippen LogP contribution >= 0.6 is 0 Å². The third-order valence-electron chi connectivity index (χ3n) is 8.66. The van der Waals surface area contributed by atoms with E-state index in [1.807, 2.05) is 48.2 Å². The van der Waals surface area contributed by atoms with E-state index in [9.17, 15) is 9.90 Å². The second-order valence-corrected chi connectivity index (χ2v) is 11.7. The molecule has 42 heavy (non-hydrogen) atoms. The maximum absolute atomic E-state index is 16.6. The lowest BCUT2D eigenvalue weighted by molar-refractivity contribution is -0.107. The average Bonchev–Trinajstić information content (AvgIpc) is 3.56. The Morgan fingerprint density at radius 1 is 1.07 bits per heavy atom. The molecule has 2 aliphatic heterocycles. The van der Waals surface area contributed by atoms with Crippen LogP contribution in [-0.4, -0.2) is 95.1 Å². The Kier molecular flexibility index (Phi) is 7.92. The number of hydrogen-bond acceptors (Lipinski definition) is 9. The van der Waals surface area contributed by atoms with Gasteiger partial charge in [-0.1, -0.05) is 24.3 Å². The molecule has 0 spiro atoms. The van der Waals surface area contributed by atoms with Crippen LogP contribution in [0.2, 0.25) is 0 Å². The Labute approximate surface area is 244 Å². The number of phenols is 1. The first-order chi connectivity index (χ1) is 20.4. The lowest BCUT2D eigenvalue weighted by atomic mass is 9.95. The van der Waals surface area contributed by atoms with E-state index < -0.39 is 5.82 Å². The van der Waals surface area contributed by atoms with Gasteiger partial charge < -0.3 is 24.4 Å². The summed E-state index contributed by atoms with van der Waals surface area (Å²) in [6, 6.07) is 10.8.